The molecule has 2 aromatic rings. The number of rotatable bonds is 4. The third kappa shape index (κ3) is 2.86. The third-order valence-electron chi connectivity index (χ3n) is 2.24. The molecule has 0 unspecified atom stereocenters. The Kier molecular flexibility index (Phi) is 3.61. The summed E-state index contributed by atoms with van der Waals surface area (Å²) < 4.78 is 10.3. The number of aromatic nitrogens is 4. The van der Waals surface area contributed by atoms with Crippen LogP contribution in [0, 0.1) is 13.8 Å². The van der Waals surface area contributed by atoms with Crippen molar-refractivity contribution in [1.29, 1.82) is 0 Å². The van der Waals surface area contributed by atoms with Gasteiger partial charge in [-0.15, -0.1) is 0 Å². The highest BCUT2D eigenvalue weighted by Crippen LogP contribution is 2.13. The molecule has 0 aromatic carbocycles. The zero-order valence-electron chi connectivity index (χ0n) is 10.2. The fraction of sp³-hybridized carbons (Fsp3) is 0.400. The lowest BCUT2D eigenvalue weighted by Crippen LogP contribution is -2.06. The van der Waals surface area contributed by atoms with Crippen LogP contribution in [0.3, 0.4) is 0 Å². The Morgan fingerprint density at radius 1 is 1.22 bits per heavy atom. The summed E-state index contributed by atoms with van der Waals surface area (Å²) in [5.74, 6) is 1.65. The minimum absolute atomic E-state index is 0.0594. The van der Waals surface area contributed by atoms with Gasteiger partial charge in [0.1, 0.15) is 5.76 Å². The van der Waals surface area contributed by atoms with Crippen molar-refractivity contribution in [3.8, 4) is 6.01 Å². The zero-order valence-corrected chi connectivity index (χ0v) is 10.9. The Morgan fingerprint density at radius 2 is 2.00 bits per heavy atom. The molecule has 0 saturated heterocycles. The summed E-state index contributed by atoms with van der Waals surface area (Å²) in [5, 5.41) is 2.99. The second-order valence-corrected chi connectivity index (χ2v) is 3.86. The van der Waals surface area contributed by atoms with Gasteiger partial charge in [-0.25, -0.2) is 4.98 Å². The molecule has 0 bridgehead atoms. The summed E-state index contributed by atoms with van der Waals surface area (Å²) in [5.41, 5.74) is 0.859. The molecule has 1 N–H and O–H groups in total. The number of ether oxygens (including phenoxy) is 1. The fourth-order valence-electron chi connectivity index (χ4n) is 1.27. The van der Waals surface area contributed by atoms with E-state index in [2.05, 4.69) is 25.3 Å². The lowest BCUT2D eigenvalue weighted by atomic mass is 10.4. The monoisotopic (exact) mass is 269 g/mol. The maximum absolute atomic E-state index is 5.72. The van der Waals surface area contributed by atoms with Gasteiger partial charge < -0.3 is 14.5 Å². The van der Waals surface area contributed by atoms with Crippen LogP contribution in [0.5, 0.6) is 6.01 Å². The average molecular weight is 270 g/mol. The number of aryl methyl sites for hydroxylation is 2. The summed E-state index contributed by atoms with van der Waals surface area (Å²) in [4.78, 5) is 15.9. The molecule has 0 saturated carbocycles. The quantitative estimate of drug-likeness (QED) is 0.905. The molecule has 2 rings (SSSR count). The number of oxazole rings is 1. The Bertz CT molecular complexity index is 538. The highest BCUT2D eigenvalue weighted by Gasteiger charge is 2.08. The largest absolute Gasteiger partial charge is 0.467 e. The van der Waals surface area contributed by atoms with Crippen LogP contribution >= 0.6 is 11.6 Å². The van der Waals surface area contributed by atoms with E-state index in [-0.39, 0.29) is 11.3 Å². The summed E-state index contributed by atoms with van der Waals surface area (Å²) in [6, 6.07) is 0.150. The van der Waals surface area contributed by atoms with Crippen molar-refractivity contribution in [1.82, 2.24) is 19.9 Å². The molecular weight excluding hydrogens is 258 g/mol. The molecule has 0 aliphatic rings. The lowest BCUT2D eigenvalue weighted by molar-refractivity contribution is 0.378. The first-order valence-electron chi connectivity index (χ1n) is 5.21. The molecule has 0 radical (unpaired) electrons. The third-order valence-corrected chi connectivity index (χ3v) is 2.41. The molecule has 8 heteroatoms. The average Bonchev–Trinajstić information content (AvgIpc) is 2.65. The first kappa shape index (κ1) is 12.6. The van der Waals surface area contributed by atoms with E-state index in [4.69, 9.17) is 20.8 Å². The molecule has 0 spiro atoms. The van der Waals surface area contributed by atoms with E-state index in [0.29, 0.717) is 18.4 Å². The van der Waals surface area contributed by atoms with Crippen molar-refractivity contribution < 1.29 is 9.15 Å². The Morgan fingerprint density at radius 3 is 2.61 bits per heavy atom. The number of anilines is 1. The first-order valence-corrected chi connectivity index (χ1v) is 5.58. The van der Waals surface area contributed by atoms with E-state index >= 15 is 0 Å². The maximum Gasteiger partial charge on any atom is 0.322 e. The van der Waals surface area contributed by atoms with Gasteiger partial charge in [-0.3, -0.25) is 0 Å². The van der Waals surface area contributed by atoms with Gasteiger partial charge in [0.2, 0.25) is 17.1 Å². The number of methoxy groups -OCH3 is 1. The minimum atomic E-state index is 0.0594. The van der Waals surface area contributed by atoms with Crippen LogP contribution < -0.4 is 10.1 Å². The van der Waals surface area contributed by atoms with E-state index in [1.807, 2.05) is 13.8 Å². The van der Waals surface area contributed by atoms with Crippen molar-refractivity contribution in [3.05, 3.63) is 22.6 Å². The van der Waals surface area contributed by atoms with Gasteiger partial charge in [-0.1, -0.05) is 0 Å². The maximum atomic E-state index is 5.72. The van der Waals surface area contributed by atoms with Crippen molar-refractivity contribution in [2.75, 3.05) is 12.4 Å². The van der Waals surface area contributed by atoms with Gasteiger partial charge in [0.15, 0.2) is 0 Å². The highest BCUT2D eigenvalue weighted by molar-refractivity contribution is 6.28. The molecule has 0 amide bonds. The Labute approximate surface area is 109 Å². The molecule has 7 nitrogen and oxygen atoms in total. The van der Waals surface area contributed by atoms with Crippen LogP contribution in [-0.4, -0.2) is 27.0 Å². The predicted molar refractivity (Wildman–Crippen MR) is 64.7 cm³/mol. The van der Waals surface area contributed by atoms with Crippen LogP contribution in [0.4, 0.5) is 5.95 Å². The number of nitrogens with one attached hydrogen (secondary N) is 1. The van der Waals surface area contributed by atoms with Crippen molar-refractivity contribution in [2.24, 2.45) is 0 Å². The van der Waals surface area contributed by atoms with Gasteiger partial charge in [-0.2, -0.15) is 15.0 Å². The molecule has 18 heavy (non-hydrogen) atoms. The summed E-state index contributed by atoms with van der Waals surface area (Å²) >= 11 is 5.72. The van der Waals surface area contributed by atoms with E-state index in [9.17, 15) is 0 Å². The van der Waals surface area contributed by atoms with Crippen LogP contribution in [0.25, 0.3) is 0 Å². The highest BCUT2D eigenvalue weighted by atomic mass is 35.5. The molecule has 0 fully saturated rings. The van der Waals surface area contributed by atoms with Gasteiger partial charge in [-0.05, 0) is 25.4 Å². The SMILES string of the molecule is COc1nc(Cl)nc(NCc2nc(C)c(C)o2)n1. The molecule has 0 atom stereocenters. The van der Waals surface area contributed by atoms with E-state index in [1.165, 1.54) is 7.11 Å². The first-order chi connectivity index (χ1) is 8.58. The van der Waals surface area contributed by atoms with E-state index in [0.717, 1.165) is 11.5 Å². The molecule has 0 aliphatic heterocycles. The van der Waals surface area contributed by atoms with Crippen LogP contribution in [-0.2, 0) is 6.54 Å². The van der Waals surface area contributed by atoms with Gasteiger partial charge in [0.05, 0.1) is 19.3 Å². The standard InChI is InChI=1S/C10H12ClN5O2/c1-5-6(2)18-7(13-5)4-12-9-14-8(11)15-10(16-9)17-3/h4H2,1-3H3,(H,12,14,15,16). The molecule has 2 heterocycles. The Balaban J connectivity index is 2.07. The van der Waals surface area contributed by atoms with Crippen LogP contribution in [0.1, 0.15) is 17.3 Å². The van der Waals surface area contributed by atoms with E-state index < -0.39 is 0 Å². The topological polar surface area (TPSA) is 86.0 Å². The number of hydrogen-bond acceptors (Lipinski definition) is 7. The second-order valence-electron chi connectivity index (χ2n) is 3.52. The number of hydrogen-bond donors (Lipinski definition) is 1. The smallest absolute Gasteiger partial charge is 0.322 e. The predicted octanol–water partition coefficient (Wildman–Crippen LogP) is 1.75. The van der Waals surface area contributed by atoms with Crippen LogP contribution in [0.2, 0.25) is 5.28 Å². The molecule has 0 aliphatic carbocycles. The van der Waals surface area contributed by atoms with Gasteiger partial charge in [0, 0.05) is 0 Å². The normalized spacial score (nSPS) is 10.4. The summed E-state index contributed by atoms with van der Waals surface area (Å²) in [7, 11) is 1.45. The van der Waals surface area contributed by atoms with Crippen LogP contribution in [0.15, 0.2) is 4.42 Å². The van der Waals surface area contributed by atoms with Crippen molar-refractivity contribution >= 4 is 17.5 Å². The van der Waals surface area contributed by atoms with Crippen molar-refractivity contribution in [2.45, 2.75) is 20.4 Å². The number of nitrogens with zero attached hydrogens (tertiary/aromatic N) is 4. The zero-order chi connectivity index (χ0) is 13.1. The Hall–Kier alpha value is -1.89. The molecular formula is C10H12ClN5O2. The second kappa shape index (κ2) is 5.18. The summed E-state index contributed by atoms with van der Waals surface area (Å²) in [6.07, 6.45) is 0. The lowest BCUT2D eigenvalue weighted by Gasteiger charge is -2.03. The number of halogens is 1. The molecule has 2 aromatic heterocycles. The van der Waals surface area contributed by atoms with E-state index in [1.54, 1.807) is 0 Å². The van der Waals surface area contributed by atoms with Crippen molar-refractivity contribution in [3.63, 3.8) is 0 Å². The summed E-state index contributed by atoms with van der Waals surface area (Å²) in [6.45, 7) is 4.10. The van der Waals surface area contributed by atoms with Gasteiger partial charge >= 0.3 is 6.01 Å². The molecule has 96 valence electrons. The van der Waals surface area contributed by atoms with Gasteiger partial charge in [0.25, 0.3) is 0 Å². The minimum Gasteiger partial charge on any atom is -0.467 e. The fourth-order valence-corrected chi connectivity index (χ4v) is 1.42.